The molecule has 0 radical (unpaired) electrons. The van der Waals surface area contributed by atoms with Crippen LogP contribution in [0.25, 0.3) is 0 Å². The minimum atomic E-state index is -0.473. The zero-order chi connectivity index (χ0) is 12.8. The number of rotatable bonds is 4. The molecule has 0 spiro atoms. The average Bonchev–Trinajstić information content (AvgIpc) is 2.54. The second kappa shape index (κ2) is 6.45. The number of nitrogens with two attached hydrogens (primary N) is 1. The highest BCUT2D eigenvalue weighted by Gasteiger charge is 2.10. The fraction of sp³-hybridized carbons (Fsp3) is 0.444. The Balaban J connectivity index is 2.38. The summed E-state index contributed by atoms with van der Waals surface area (Å²) in [5, 5.41) is 5.18. The number of urea groups is 1. The van der Waals surface area contributed by atoms with Gasteiger partial charge in [-0.1, -0.05) is 11.3 Å². The molecule has 3 amide bonds. The van der Waals surface area contributed by atoms with Gasteiger partial charge in [0.05, 0.1) is 15.7 Å². The number of carbonyl (C=O) groups is 2. The predicted octanol–water partition coefficient (Wildman–Crippen LogP) is 0.972. The molecular weight excluding hydrogens is 260 g/mol. The molecule has 0 bridgehead atoms. The van der Waals surface area contributed by atoms with E-state index in [9.17, 15) is 9.59 Å². The molecule has 4 N–H and O–H groups in total. The molecule has 6 nitrogen and oxygen atoms in total. The van der Waals surface area contributed by atoms with Gasteiger partial charge in [0.1, 0.15) is 0 Å². The molecule has 0 fully saturated rings. The lowest BCUT2D eigenvalue weighted by Crippen LogP contribution is -2.40. The lowest BCUT2D eigenvalue weighted by molar-refractivity contribution is -0.117. The zero-order valence-electron chi connectivity index (χ0n) is 9.57. The van der Waals surface area contributed by atoms with E-state index in [1.807, 2.05) is 6.92 Å². The number of thiazole rings is 1. The standard InChI is InChI=1S/C9H14N4O2S2/c1-3-11-9(15)13-6(14)4-16-7-5(2)12-8(10)17-7/h3-4H2,1-2H3,(H2,10,12)(H2,11,13,14,15). The number of hydrogen-bond donors (Lipinski definition) is 3. The third-order valence-electron chi connectivity index (χ3n) is 1.70. The van der Waals surface area contributed by atoms with Crippen LogP contribution in [-0.4, -0.2) is 29.2 Å². The van der Waals surface area contributed by atoms with E-state index in [0.717, 1.165) is 9.90 Å². The van der Waals surface area contributed by atoms with Crippen LogP contribution in [-0.2, 0) is 4.79 Å². The van der Waals surface area contributed by atoms with E-state index in [1.165, 1.54) is 23.1 Å². The minimum Gasteiger partial charge on any atom is -0.375 e. The molecule has 17 heavy (non-hydrogen) atoms. The van der Waals surface area contributed by atoms with Crippen molar-refractivity contribution in [1.29, 1.82) is 0 Å². The molecule has 1 heterocycles. The van der Waals surface area contributed by atoms with Crippen molar-refractivity contribution in [2.75, 3.05) is 18.0 Å². The maximum Gasteiger partial charge on any atom is 0.321 e. The Labute approximate surface area is 107 Å². The SMILES string of the molecule is CCNC(=O)NC(=O)CSc1sc(N)nc1C. The molecule has 0 saturated carbocycles. The number of aromatic nitrogens is 1. The number of hydrogen-bond acceptors (Lipinski definition) is 6. The molecule has 1 rings (SSSR count). The van der Waals surface area contributed by atoms with Crippen molar-refractivity contribution in [3.05, 3.63) is 5.69 Å². The maximum atomic E-state index is 11.4. The third-order valence-corrected chi connectivity index (χ3v) is 4.04. The first kappa shape index (κ1) is 13.8. The number of aryl methyl sites for hydroxylation is 1. The number of nitrogens with one attached hydrogen (secondary N) is 2. The lowest BCUT2D eigenvalue weighted by Gasteiger charge is -2.03. The predicted molar refractivity (Wildman–Crippen MR) is 69.2 cm³/mol. The number of nitrogens with zero attached hydrogens (tertiary/aromatic N) is 1. The normalized spacial score (nSPS) is 10.0. The summed E-state index contributed by atoms with van der Waals surface area (Å²) in [7, 11) is 0. The smallest absolute Gasteiger partial charge is 0.321 e. The number of thioether (sulfide) groups is 1. The first-order valence-corrected chi connectivity index (χ1v) is 6.76. The van der Waals surface area contributed by atoms with Gasteiger partial charge in [-0.15, -0.1) is 11.8 Å². The number of imide groups is 1. The highest BCUT2D eigenvalue weighted by Crippen LogP contribution is 2.30. The van der Waals surface area contributed by atoms with E-state index in [0.29, 0.717) is 11.7 Å². The number of anilines is 1. The van der Waals surface area contributed by atoms with Gasteiger partial charge in [-0.2, -0.15) is 0 Å². The molecule has 0 aliphatic carbocycles. The summed E-state index contributed by atoms with van der Waals surface area (Å²) in [6.45, 7) is 4.09. The monoisotopic (exact) mass is 274 g/mol. The Bertz CT molecular complexity index is 419. The average molecular weight is 274 g/mol. The Morgan fingerprint density at radius 1 is 1.53 bits per heavy atom. The van der Waals surface area contributed by atoms with Crippen molar-refractivity contribution < 1.29 is 9.59 Å². The van der Waals surface area contributed by atoms with E-state index >= 15 is 0 Å². The van der Waals surface area contributed by atoms with Crippen molar-refractivity contribution in [3.8, 4) is 0 Å². The number of nitrogen functional groups attached to an aromatic ring is 1. The molecule has 0 aromatic carbocycles. The quantitative estimate of drug-likeness (QED) is 0.711. The highest BCUT2D eigenvalue weighted by atomic mass is 32.2. The lowest BCUT2D eigenvalue weighted by atomic mass is 10.6. The van der Waals surface area contributed by atoms with Crippen LogP contribution >= 0.6 is 23.1 Å². The third kappa shape index (κ3) is 4.61. The fourth-order valence-electron chi connectivity index (χ4n) is 1.04. The van der Waals surface area contributed by atoms with Crippen molar-refractivity contribution in [2.45, 2.75) is 18.1 Å². The van der Waals surface area contributed by atoms with Gasteiger partial charge in [0.15, 0.2) is 5.13 Å². The van der Waals surface area contributed by atoms with E-state index in [4.69, 9.17) is 5.73 Å². The molecule has 1 aromatic rings. The summed E-state index contributed by atoms with van der Waals surface area (Å²) < 4.78 is 0.897. The van der Waals surface area contributed by atoms with Gasteiger partial charge >= 0.3 is 6.03 Å². The Hall–Kier alpha value is -1.28. The van der Waals surface area contributed by atoms with Crippen LogP contribution in [0.4, 0.5) is 9.93 Å². The van der Waals surface area contributed by atoms with Gasteiger partial charge in [-0.05, 0) is 13.8 Å². The topological polar surface area (TPSA) is 97.1 Å². The van der Waals surface area contributed by atoms with Gasteiger partial charge in [0.25, 0.3) is 0 Å². The number of carbonyl (C=O) groups excluding carboxylic acids is 2. The second-order valence-electron chi connectivity index (χ2n) is 3.12. The Kier molecular flexibility index (Phi) is 5.23. The fourth-order valence-corrected chi connectivity index (χ4v) is 2.86. The van der Waals surface area contributed by atoms with Gasteiger partial charge in [0.2, 0.25) is 5.91 Å². The first-order valence-electron chi connectivity index (χ1n) is 4.96. The highest BCUT2D eigenvalue weighted by molar-refractivity contribution is 8.01. The van der Waals surface area contributed by atoms with E-state index in [1.54, 1.807) is 6.92 Å². The largest absolute Gasteiger partial charge is 0.375 e. The molecular formula is C9H14N4O2S2. The Morgan fingerprint density at radius 2 is 2.24 bits per heavy atom. The van der Waals surface area contributed by atoms with Crippen molar-refractivity contribution in [2.24, 2.45) is 0 Å². The van der Waals surface area contributed by atoms with Crippen molar-refractivity contribution >= 4 is 40.2 Å². The van der Waals surface area contributed by atoms with Crippen LogP contribution in [0.15, 0.2) is 4.21 Å². The van der Waals surface area contributed by atoms with Crippen LogP contribution < -0.4 is 16.4 Å². The molecule has 8 heteroatoms. The molecule has 0 aliphatic rings. The van der Waals surface area contributed by atoms with Gasteiger partial charge in [0, 0.05) is 6.54 Å². The molecule has 0 unspecified atom stereocenters. The van der Waals surface area contributed by atoms with Gasteiger partial charge in [-0.25, -0.2) is 9.78 Å². The summed E-state index contributed by atoms with van der Waals surface area (Å²) >= 11 is 2.65. The summed E-state index contributed by atoms with van der Waals surface area (Å²) in [6, 6.07) is -0.473. The zero-order valence-corrected chi connectivity index (χ0v) is 11.2. The first-order chi connectivity index (χ1) is 8.02. The molecule has 0 atom stereocenters. The van der Waals surface area contributed by atoms with E-state index < -0.39 is 6.03 Å². The number of amides is 3. The second-order valence-corrected chi connectivity index (χ2v) is 5.40. The van der Waals surface area contributed by atoms with Crippen LogP contribution in [0.1, 0.15) is 12.6 Å². The summed E-state index contributed by atoms with van der Waals surface area (Å²) in [5.41, 5.74) is 6.34. The Morgan fingerprint density at radius 3 is 2.76 bits per heavy atom. The van der Waals surface area contributed by atoms with Crippen LogP contribution in [0.3, 0.4) is 0 Å². The summed E-state index contributed by atoms with van der Waals surface area (Å²) in [6.07, 6.45) is 0. The van der Waals surface area contributed by atoms with Crippen LogP contribution in [0.2, 0.25) is 0 Å². The molecule has 0 aliphatic heterocycles. The summed E-state index contributed by atoms with van der Waals surface area (Å²) in [4.78, 5) is 26.5. The van der Waals surface area contributed by atoms with Crippen molar-refractivity contribution in [1.82, 2.24) is 15.6 Å². The summed E-state index contributed by atoms with van der Waals surface area (Å²) in [5.74, 6) is -0.174. The van der Waals surface area contributed by atoms with Gasteiger partial charge < -0.3 is 11.1 Å². The van der Waals surface area contributed by atoms with E-state index in [2.05, 4.69) is 15.6 Å². The maximum absolute atomic E-state index is 11.4. The molecule has 1 aromatic heterocycles. The van der Waals surface area contributed by atoms with Crippen LogP contribution in [0, 0.1) is 6.92 Å². The van der Waals surface area contributed by atoms with Crippen LogP contribution in [0.5, 0.6) is 0 Å². The molecule has 0 saturated heterocycles. The minimum absolute atomic E-state index is 0.166. The van der Waals surface area contributed by atoms with E-state index in [-0.39, 0.29) is 11.7 Å². The van der Waals surface area contributed by atoms with Crippen molar-refractivity contribution in [3.63, 3.8) is 0 Å². The molecule has 94 valence electrons. The van der Waals surface area contributed by atoms with Gasteiger partial charge in [-0.3, -0.25) is 10.1 Å².